The predicted octanol–water partition coefficient (Wildman–Crippen LogP) is 2.57. The summed E-state index contributed by atoms with van der Waals surface area (Å²) < 4.78 is 7.40. The van der Waals surface area contributed by atoms with Gasteiger partial charge in [-0.25, -0.2) is 0 Å². The number of aryl methyl sites for hydroxylation is 2. The van der Waals surface area contributed by atoms with Crippen LogP contribution in [0.15, 0.2) is 24.4 Å². The van der Waals surface area contributed by atoms with Gasteiger partial charge >= 0.3 is 0 Å². The lowest BCUT2D eigenvalue weighted by atomic mass is 10.1. The van der Waals surface area contributed by atoms with E-state index in [0.29, 0.717) is 0 Å². The van der Waals surface area contributed by atoms with Crippen molar-refractivity contribution in [1.82, 2.24) is 9.78 Å². The first kappa shape index (κ1) is 13.0. The molecule has 2 aromatic rings. The summed E-state index contributed by atoms with van der Waals surface area (Å²) in [5, 5.41) is 7.93. The molecule has 1 aliphatic heterocycles. The number of fused-ring (bicyclic) bond motifs is 1. The van der Waals surface area contributed by atoms with Crippen LogP contribution in [0, 0.1) is 0 Å². The third-order valence-corrected chi connectivity index (χ3v) is 3.72. The van der Waals surface area contributed by atoms with E-state index in [0.717, 1.165) is 49.5 Å². The van der Waals surface area contributed by atoms with E-state index < -0.39 is 0 Å². The van der Waals surface area contributed by atoms with Crippen LogP contribution in [-0.4, -0.2) is 22.9 Å². The van der Waals surface area contributed by atoms with Gasteiger partial charge in [0.1, 0.15) is 5.75 Å². The van der Waals surface area contributed by atoms with Gasteiger partial charge in [0.15, 0.2) is 0 Å². The molecule has 3 rings (SSSR count). The van der Waals surface area contributed by atoms with Gasteiger partial charge in [0.2, 0.25) is 0 Å². The first-order valence-electron chi connectivity index (χ1n) is 7.27. The average Bonchev–Trinajstić information content (AvgIpc) is 3.04. The zero-order chi connectivity index (χ0) is 13.9. The fourth-order valence-electron chi connectivity index (χ4n) is 2.68. The fourth-order valence-corrected chi connectivity index (χ4v) is 2.68. The minimum absolute atomic E-state index is 0.826. The molecular formula is C16H21N3O. The second kappa shape index (κ2) is 5.57. The first-order valence-corrected chi connectivity index (χ1v) is 7.27. The monoisotopic (exact) mass is 271 g/mol. The highest BCUT2D eigenvalue weighted by atomic mass is 16.5. The van der Waals surface area contributed by atoms with Gasteiger partial charge in [0, 0.05) is 26.2 Å². The van der Waals surface area contributed by atoms with Crippen LogP contribution >= 0.6 is 0 Å². The van der Waals surface area contributed by atoms with Gasteiger partial charge < -0.3 is 10.1 Å². The van der Waals surface area contributed by atoms with Crippen molar-refractivity contribution in [2.75, 3.05) is 18.5 Å². The number of anilines is 1. The summed E-state index contributed by atoms with van der Waals surface area (Å²) in [5.41, 5.74) is 5.00. The topological polar surface area (TPSA) is 39.1 Å². The van der Waals surface area contributed by atoms with Crippen molar-refractivity contribution in [3.05, 3.63) is 41.2 Å². The van der Waals surface area contributed by atoms with Crippen LogP contribution in [0.5, 0.6) is 5.75 Å². The summed E-state index contributed by atoms with van der Waals surface area (Å²) >= 11 is 0. The van der Waals surface area contributed by atoms with E-state index >= 15 is 0 Å². The molecule has 4 nitrogen and oxygen atoms in total. The molecule has 4 heteroatoms. The van der Waals surface area contributed by atoms with Gasteiger partial charge in [0.25, 0.3) is 0 Å². The molecule has 0 atom stereocenters. The molecule has 0 unspecified atom stereocenters. The number of benzene rings is 1. The molecule has 0 fully saturated rings. The third-order valence-electron chi connectivity index (χ3n) is 3.72. The van der Waals surface area contributed by atoms with Gasteiger partial charge in [0.05, 0.1) is 18.0 Å². The number of hydrogen-bond donors (Lipinski definition) is 1. The summed E-state index contributed by atoms with van der Waals surface area (Å²) in [5.74, 6) is 1.06. The van der Waals surface area contributed by atoms with Crippen LogP contribution in [0.4, 0.5) is 5.69 Å². The molecule has 0 amide bonds. The van der Waals surface area contributed by atoms with Crippen molar-refractivity contribution in [1.29, 1.82) is 0 Å². The standard InChI is InChI=1S/C16H21N3O/c1-3-14-15(11-19(2)18-14)17-8-6-12-4-5-16-13(10-12)7-9-20-16/h4-5,10-11,17H,3,6-9H2,1-2H3. The van der Waals surface area contributed by atoms with Crippen LogP contribution in [0.1, 0.15) is 23.7 Å². The van der Waals surface area contributed by atoms with Crippen molar-refractivity contribution in [2.24, 2.45) is 7.05 Å². The number of hydrogen-bond acceptors (Lipinski definition) is 3. The highest BCUT2D eigenvalue weighted by molar-refractivity contribution is 5.46. The van der Waals surface area contributed by atoms with E-state index in [1.54, 1.807) is 0 Å². The molecular weight excluding hydrogens is 250 g/mol. The Bertz CT molecular complexity index is 604. The van der Waals surface area contributed by atoms with Crippen molar-refractivity contribution >= 4 is 5.69 Å². The highest BCUT2D eigenvalue weighted by Gasteiger charge is 2.12. The van der Waals surface area contributed by atoms with E-state index in [9.17, 15) is 0 Å². The quantitative estimate of drug-likeness (QED) is 0.908. The molecule has 1 aromatic heterocycles. The van der Waals surface area contributed by atoms with E-state index in [1.807, 2.05) is 11.7 Å². The molecule has 1 N–H and O–H groups in total. The first-order chi connectivity index (χ1) is 9.76. The molecule has 0 saturated heterocycles. The SMILES string of the molecule is CCc1nn(C)cc1NCCc1ccc2c(c1)CCO2. The van der Waals surface area contributed by atoms with Gasteiger partial charge in [-0.15, -0.1) is 0 Å². The maximum atomic E-state index is 5.53. The molecule has 0 spiro atoms. The van der Waals surface area contributed by atoms with Crippen molar-refractivity contribution in [2.45, 2.75) is 26.2 Å². The zero-order valence-corrected chi connectivity index (χ0v) is 12.1. The van der Waals surface area contributed by atoms with E-state index in [1.165, 1.54) is 11.1 Å². The second-order valence-corrected chi connectivity index (χ2v) is 5.23. The van der Waals surface area contributed by atoms with Crippen LogP contribution in [0.25, 0.3) is 0 Å². The number of rotatable bonds is 5. The molecule has 0 saturated carbocycles. The Morgan fingerprint density at radius 2 is 2.30 bits per heavy atom. The Morgan fingerprint density at radius 3 is 3.15 bits per heavy atom. The summed E-state index contributed by atoms with van der Waals surface area (Å²) in [6.07, 6.45) is 5.07. The summed E-state index contributed by atoms with van der Waals surface area (Å²) in [6, 6.07) is 6.53. The van der Waals surface area contributed by atoms with Crippen molar-refractivity contribution < 1.29 is 4.74 Å². The maximum Gasteiger partial charge on any atom is 0.122 e. The molecule has 1 aromatic carbocycles. The van der Waals surface area contributed by atoms with Crippen LogP contribution < -0.4 is 10.1 Å². The third kappa shape index (κ3) is 2.64. The highest BCUT2D eigenvalue weighted by Crippen LogP contribution is 2.26. The number of nitrogens with one attached hydrogen (secondary N) is 1. The van der Waals surface area contributed by atoms with Crippen LogP contribution in [0.2, 0.25) is 0 Å². The molecule has 20 heavy (non-hydrogen) atoms. The zero-order valence-electron chi connectivity index (χ0n) is 12.1. The normalized spacial score (nSPS) is 13.1. The smallest absolute Gasteiger partial charge is 0.122 e. The summed E-state index contributed by atoms with van der Waals surface area (Å²) in [7, 11) is 1.96. The molecule has 2 heterocycles. The minimum atomic E-state index is 0.826. The van der Waals surface area contributed by atoms with Gasteiger partial charge in [-0.1, -0.05) is 19.1 Å². The van der Waals surface area contributed by atoms with E-state index in [4.69, 9.17) is 4.74 Å². The van der Waals surface area contributed by atoms with Crippen LogP contribution in [0.3, 0.4) is 0 Å². The lowest BCUT2D eigenvalue weighted by Gasteiger charge is -2.07. The Kier molecular flexibility index (Phi) is 3.63. The number of aromatic nitrogens is 2. The van der Waals surface area contributed by atoms with Crippen molar-refractivity contribution in [3.8, 4) is 5.75 Å². The van der Waals surface area contributed by atoms with Gasteiger partial charge in [-0.2, -0.15) is 5.10 Å². The maximum absolute atomic E-state index is 5.53. The van der Waals surface area contributed by atoms with Gasteiger partial charge in [-0.05, 0) is 30.0 Å². The van der Waals surface area contributed by atoms with Crippen molar-refractivity contribution in [3.63, 3.8) is 0 Å². The van der Waals surface area contributed by atoms with Gasteiger partial charge in [-0.3, -0.25) is 4.68 Å². The predicted molar refractivity (Wildman–Crippen MR) is 80.4 cm³/mol. The molecule has 0 bridgehead atoms. The molecule has 0 aliphatic carbocycles. The van der Waals surface area contributed by atoms with E-state index in [2.05, 4.69) is 41.7 Å². The number of nitrogens with zero attached hydrogens (tertiary/aromatic N) is 2. The fraction of sp³-hybridized carbons (Fsp3) is 0.438. The lowest BCUT2D eigenvalue weighted by molar-refractivity contribution is 0.357. The average molecular weight is 271 g/mol. The Balaban J connectivity index is 1.59. The number of ether oxygens (including phenoxy) is 1. The summed E-state index contributed by atoms with van der Waals surface area (Å²) in [6.45, 7) is 3.89. The lowest BCUT2D eigenvalue weighted by Crippen LogP contribution is -2.06. The Morgan fingerprint density at radius 1 is 1.40 bits per heavy atom. The molecule has 0 radical (unpaired) electrons. The Hall–Kier alpha value is -1.97. The largest absolute Gasteiger partial charge is 0.493 e. The molecule has 106 valence electrons. The Labute approximate surface area is 119 Å². The minimum Gasteiger partial charge on any atom is -0.493 e. The summed E-state index contributed by atoms with van der Waals surface area (Å²) in [4.78, 5) is 0. The van der Waals surface area contributed by atoms with Crippen LogP contribution in [-0.2, 0) is 26.3 Å². The molecule has 1 aliphatic rings. The second-order valence-electron chi connectivity index (χ2n) is 5.23. The van der Waals surface area contributed by atoms with E-state index in [-0.39, 0.29) is 0 Å².